The topological polar surface area (TPSA) is 93.8 Å². The van der Waals surface area contributed by atoms with Crippen LogP contribution in [-0.2, 0) is 17.9 Å². The highest BCUT2D eigenvalue weighted by atomic mass is 35.5. The van der Waals surface area contributed by atoms with Crippen molar-refractivity contribution in [2.24, 2.45) is 11.8 Å². The van der Waals surface area contributed by atoms with E-state index in [0.717, 1.165) is 0 Å². The summed E-state index contributed by atoms with van der Waals surface area (Å²) in [5.74, 6) is -0.549. The molecule has 2 heterocycles. The number of halogens is 1. The molecule has 0 fully saturated rings. The number of hydrogen-bond acceptors (Lipinski definition) is 4. The van der Waals surface area contributed by atoms with Crippen molar-refractivity contribution in [3.05, 3.63) is 29.3 Å². The van der Waals surface area contributed by atoms with Gasteiger partial charge in [0, 0.05) is 25.5 Å². The number of nitrogens with zero attached hydrogens (tertiary/aromatic N) is 4. The summed E-state index contributed by atoms with van der Waals surface area (Å²) in [6.07, 6.45) is 4.85. The molecule has 2 aromatic rings. The van der Waals surface area contributed by atoms with Gasteiger partial charge in [-0.2, -0.15) is 10.2 Å². The SMILES string of the molecule is CCn1cc(NC(=O)C(C)Cn2cc(Cl)cn2)c(C(=O)NCC(C)C)n1. The first-order valence-electron chi connectivity index (χ1n) is 8.64. The molecule has 9 heteroatoms. The normalized spacial score (nSPS) is 12.2. The number of nitrogens with one attached hydrogen (secondary N) is 2. The standard InChI is InChI=1S/C17H25ClN6O2/c1-5-23-10-14(15(22-23)17(26)19-6-11(2)3)21-16(25)12(4)8-24-9-13(18)7-20-24/h7,9-12H,5-6,8H2,1-4H3,(H,19,26)(H,21,25). The molecule has 2 N–H and O–H groups in total. The van der Waals surface area contributed by atoms with Gasteiger partial charge in [0.25, 0.3) is 5.91 Å². The molecule has 2 amide bonds. The third-order valence-corrected chi connectivity index (χ3v) is 3.93. The van der Waals surface area contributed by atoms with Gasteiger partial charge in [-0.3, -0.25) is 19.0 Å². The van der Waals surface area contributed by atoms with Gasteiger partial charge in [-0.25, -0.2) is 0 Å². The summed E-state index contributed by atoms with van der Waals surface area (Å²) in [4.78, 5) is 24.9. The van der Waals surface area contributed by atoms with Crippen LogP contribution in [0.5, 0.6) is 0 Å². The van der Waals surface area contributed by atoms with Crippen LogP contribution in [0.15, 0.2) is 18.6 Å². The van der Waals surface area contributed by atoms with E-state index in [-0.39, 0.29) is 23.4 Å². The third-order valence-electron chi connectivity index (χ3n) is 3.74. The molecule has 2 rings (SSSR count). The first-order chi connectivity index (χ1) is 12.3. The molecular weight excluding hydrogens is 356 g/mol. The van der Waals surface area contributed by atoms with E-state index >= 15 is 0 Å². The van der Waals surface area contributed by atoms with Gasteiger partial charge in [0.15, 0.2) is 5.69 Å². The van der Waals surface area contributed by atoms with E-state index in [1.165, 1.54) is 6.20 Å². The van der Waals surface area contributed by atoms with Crippen LogP contribution in [0.1, 0.15) is 38.2 Å². The lowest BCUT2D eigenvalue weighted by molar-refractivity contribution is -0.119. The Bertz CT molecular complexity index is 767. The minimum absolute atomic E-state index is 0.217. The van der Waals surface area contributed by atoms with Gasteiger partial charge >= 0.3 is 0 Å². The minimum atomic E-state index is -0.359. The second-order valence-electron chi connectivity index (χ2n) is 6.62. The second-order valence-corrected chi connectivity index (χ2v) is 7.06. The zero-order valence-corrected chi connectivity index (χ0v) is 16.2. The van der Waals surface area contributed by atoms with E-state index in [0.29, 0.717) is 36.3 Å². The number of hydrogen-bond donors (Lipinski definition) is 2. The molecule has 0 radical (unpaired) electrons. The van der Waals surface area contributed by atoms with Gasteiger partial charge < -0.3 is 10.6 Å². The van der Waals surface area contributed by atoms with E-state index < -0.39 is 0 Å². The van der Waals surface area contributed by atoms with Gasteiger partial charge in [0.2, 0.25) is 5.91 Å². The van der Waals surface area contributed by atoms with Crippen molar-refractivity contribution in [3.8, 4) is 0 Å². The predicted molar refractivity (Wildman–Crippen MR) is 100 cm³/mol. The number of amides is 2. The summed E-state index contributed by atoms with van der Waals surface area (Å²) >= 11 is 5.84. The Balaban J connectivity index is 2.08. The van der Waals surface area contributed by atoms with Crippen LogP contribution in [0.3, 0.4) is 0 Å². The lowest BCUT2D eigenvalue weighted by atomic mass is 10.1. The van der Waals surface area contributed by atoms with Crippen molar-refractivity contribution in [2.45, 2.75) is 40.8 Å². The second kappa shape index (κ2) is 8.84. The zero-order valence-electron chi connectivity index (χ0n) is 15.5. The van der Waals surface area contributed by atoms with Crippen molar-refractivity contribution in [3.63, 3.8) is 0 Å². The van der Waals surface area contributed by atoms with E-state index in [1.54, 1.807) is 28.7 Å². The molecule has 1 unspecified atom stereocenters. The summed E-state index contributed by atoms with van der Waals surface area (Å²) in [5, 5.41) is 14.5. The molecule has 0 aliphatic rings. The molecule has 1 atom stereocenters. The highest BCUT2D eigenvalue weighted by Crippen LogP contribution is 2.16. The Labute approximate surface area is 157 Å². The lowest BCUT2D eigenvalue weighted by Gasteiger charge is -2.12. The Hall–Kier alpha value is -2.35. The van der Waals surface area contributed by atoms with Crippen LogP contribution in [0.4, 0.5) is 5.69 Å². The zero-order chi connectivity index (χ0) is 19.3. The third kappa shape index (κ3) is 5.32. The van der Waals surface area contributed by atoms with Crippen LogP contribution < -0.4 is 10.6 Å². The fourth-order valence-corrected chi connectivity index (χ4v) is 2.44. The first kappa shape index (κ1) is 20.0. The van der Waals surface area contributed by atoms with E-state index in [1.807, 2.05) is 20.8 Å². The van der Waals surface area contributed by atoms with E-state index in [4.69, 9.17) is 11.6 Å². The summed E-state index contributed by atoms with van der Waals surface area (Å²) in [6, 6.07) is 0. The highest BCUT2D eigenvalue weighted by molar-refractivity contribution is 6.30. The molecule has 8 nitrogen and oxygen atoms in total. The first-order valence-corrected chi connectivity index (χ1v) is 9.02. The summed E-state index contributed by atoms with van der Waals surface area (Å²) < 4.78 is 3.23. The Morgan fingerprint density at radius 3 is 2.54 bits per heavy atom. The van der Waals surface area contributed by atoms with Crippen molar-refractivity contribution in [2.75, 3.05) is 11.9 Å². The molecule has 26 heavy (non-hydrogen) atoms. The molecule has 2 aromatic heterocycles. The predicted octanol–water partition coefficient (Wildman–Crippen LogP) is 2.41. The van der Waals surface area contributed by atoms with Crippen LogP contribution in [0, 0.1) is 11.8 Å². The molecular formula is C17H25ClN6O2. The van der Waals surface area contributed by atoms with Crippen molar-refractivity contribution < 1.29 is 9.59 Å². The molecule has 0 aromatic carbocycles. The van der Waals surface area contributed by atoms with Crippen LogP contribution in [0.25, 0.3) is 0 Å². The fourth-order valence-electron chi connectivity index (χ4n) is 2.28. The van der Waals surface area contributed by atoms with Gasteiger partial charge in [0.05, 0.1) is 29.4 Å². The minimum Gasteiger partial charge on any atom is -0.350 e. The van der Waals surface area contributed by atoms with Gasteiger partial charge in [-0.1, -0.05) is 32.4 Å². The number of carbonyl (C=O) groups excluding carboxylic acids is 2. The van der Waals surface area contributed by atoms with E-state index in [2.05, 4.69) is 20.8 Å². The molecule has 0 aliphatic carbocycles. The Morgan fingerprint density at radius 2 is 1.96 bits per heavy atom. The number of aryl methyl sites for hydroxylation is 1. The molecule has 0 saturated heterocycles. The highest BCUT2D eigenvalue weighted by Gasteiger charge is 2.21. The average Bonchev–Trinajstić information content (AvgIpc) is 3.18. The quantitative estimate of drug-likeness (QED) is 0.735. The van der Waals surface area contributed by atoms with Crippen LogP contribution >= 0.6 is 11.6 Å². The maximum Gasteiger partial charge on any atom is 0.273 e. The number of carbonyl (C=O) groups is 2. The number of rotatable bonds is 8. The summed E-state index contributed by atoms with van der Waals surface area (Å²) in [7, 11) is 0. The molecule has 0 bridgehead atoms. The van der Waals surface area contributed by atoms with Gasteiger partial charge in [0.1, 0.15) is 0 Å². The Morgan fingerprint density at radius 1 is 1.23 bits per heavy atom. The Kier molecular flexibility index (Phi) is 6.79. The van der Waals surface area contributed by atoms with Crippen molar-refractivity contribution in [1.82, 2.24) is 24.9 Å². The molecule has 0 saturated carbocycles. The summed E-state index contributed by atoms with van der Waals surface area (Å²) in [5.41, 5.74) is 0.624. The smallest absolute Gasteiger partial charge is 0.273 e. The van der Waals surface area contributed by atoms with Crippen molar-refractivity contribution in [1.29, 1.82) is 0 Å². The lowest BCUT2D eigenvalue weighted by Crippen LogP contribution is -2.30. The van der Waals surface area contributed by atoms with Gasteiger partial charge in [-0.15, -0.1) is 0 Å². The molecule has 0 spiro atoms. The largest absolute Gasteiger partial charge is 0.350 e. The molecule has 0 aliphatic heterocycles. The van der Waals surface area contributed by atoms with E-state index in [9.17, 15) is 9.59 Å². The van der Waals surface area contributed by atoms with Gasteiger partial charge in [-0.05, 0) is 12.8 Å². The van der Waals surface area contributed by atoms with Crippen LogP contribution in [-0.4, -0.2) is 37.9 Å². The maximum atomic E-state index is 12.5. The average molecular weight is 381 g/mol. The molecule has 142 valence electrons. The fraction of sp³-hybridized carbons (Fsp3) is 0.529. The number of aromatic nitrogens is 4. The number of anilines is 1. The maximum absolute atomic E-state index is 12.5. The van der Waals surface area contributed by atoms with Crippen LogP contribution in [0.2, 0.25) is 5.02 Å². The summed E-state index contributed by atoms with van der Waals surface area (Å²) in [6.45, 7) is 9.25. The van der Waals surface area contributed by atoms with Crippen molar-refractivity contribution >= 4 is 29.1 Å². The monoisotopic (exact) mass is 380 g/mol.